The van der Waals surface area contributed by atoms with Gasteiger partial charge in [0.1, 0.15) is 13.2 Å². The maximum Gasteiger partial charge on any atom is 0.232 e. The van der Waals surface area contributed by atoms with Gasteiger partial charge >= 0.3 is 0 Å². The molecule has 0 bridgehead atoms. The van der Waals surface area contributed by atoms with E-state index in [9.17, 15) is 0 Å². The number of nitrogens with zero attached hydrogens (tertiary/aromatic N) is 5. The molecule has 0 unspecified atom stereocenters. The Labute approximate surface area is 188 Å². The molecule has 0 spiro atoms. The zero-order chi connectivity index (χ0) is 22.1. The van der Waals surface area contributed by atoms with Crippen molar-refractivity contribution in [1.82, 2.24) is 24.8 Å². The van der Waals surface area contributed by atoms with Gasteiger partial charge in [-0.1, -0.05) is 0 Å². The van der Waals surface area contributed by atoms with E-state index in [0.717, 1.165) is 17.9 Å². The normalized spacial score (nSPS) is 10.7. The molecule has 0 fully saturated rings. The summed E-state index contributed by atoms with van der Waals surface area (Å²) in [5, 5.41) is 15.2. The topological polar surface area (TPSA) is 118 Å². The predicted octanol–water partition coefficient (Wildman–Crippen LogP) is 2.83. The molecule has 0 aliphatic heterocycles. The van der Waals surface area contributed by atoms with Crippen LogP contribution in [0.1, 0.15) is 0 Å². The lowest BCUT2D eigenvalue weighted by molar-refractivity contribution is 0.196. The summed E-state index contributed by atoms with van der Waals surface area (Å²) in [5.74, 6) is 1.70. The van der Waals surface area contributed by atoms with Gasteiger partial charge in [-0.2, -0.15) is 9.97 Å². The number of ether oxygens (including phenoxy) is 2. The van der Waals surface area contributed by atoms with Crippen LogP contribution in [0.3, 0.4) is 0 Å². The van der Waals surface area contributed by atoms with Crippen LogP contribution in [0.2, 0.25) is 0 Å². The minimum Gasteiger partial charge on any atom is -0.476 e. The third-order valence-electron chi connectivity index (χ3n) is 3.86. The van der Waals surface area contributed by atoms with Gasteiger partial charge < -0.3 is 30.1 Å². The molecule has 10 nitrogen and oxygen atoms in total. The van der Waals surface area contributed by atoms with Crippen molar-refractivity contribution < 1.29 is 14.6 Å². The van der Waals surface area contributed by atoms with Crippen LogP contribution < -0.4 is 20.1 Å². The second-order valence-corrected chi connectivity index (χ2v) is 7.47. The van der Waals surface area contributed by atoms with Crippen LogP contribution in [-0.2, 0) is 0 Å². The third kappa shape index (κ3) is 7.31. The fourth-order valence-electron chi connectivity index (χ4n) is 2.37. The van der Waals surface area contributed by atoms with Crippen LogP contribution in [0.25, 0.3) is 0 Å². The first-order valence-corrected chi connectivity index (χ1v) is 10.3. The average Bonchev–Trinajstić information content (AvgIpc) is 2.75. The molecule has 11 heteroatoms. The second-order valence-electron chi connectivity index (χ2n) is 6.62. The number of rotatable bonds is 11. The van der Waals surface area contributed by atoms with E-state index in [1.54, 1.807) is 18.5 Å². The summed E-state index contributed by atoms with van der Waals surface area (Å²) < 4.78 is 11.6. The molecule has 3 aromatic rings. The molecule has 0 radical (unpaired) electrons. The van der Waals surface area contributed by atoms with E-state index in [0.29, 0.717) is 34.7 Å². The zero-order valence-electron chi connectivity index (χ0n) is 17.2. The third-order valence-corrected chi connectivity index (χ3v) is 4.40. The number of aliphatic hydroxyl groups excluding tert-OH is 1. The van der Waals surface area contributed by atoms with Gasteiger partial charge in [0.05, 0.1) is 17.3 Å². The first kappa shape index (κ1) is 22.7. The molecule has 3 rings (SSSR count). The number of aliphatic hydroxyl groups is 1. The summed E-state index contributed by atoms with van der Waals surface area (Å²) >= 11 is 3.32. The number of anilines is 4. The van der Waals surface area contributed by atoms with E-state index in [-0.39, 0.29) is 13.2 Å². The number of hydrogen-bond donors (Lipinski definition) is 3. The molecule has 164 valence electrons. The highest BCUT2D eigenvalue weighted by Crippen LogP contribution is 2.25. The van der Waals surface area contributed by atoms with E-state index in [2.05, 4.69) is 46.5 Å². The van der Waals surface area contributed by atoms with Crippen LogP contribution in [-0.4, -0.2) is 70.4 Å². The molecule has 0 aliphatic rings. The van der Waals surface area contributed by atoms with Gasteiger partial charge in [0.2, 0.25) is 23.7 Å². The molecule has 0 amide bonds. The Kier molecular flexibility index (Phi) is 8.33. The molecule has 3 N–H and O–H groups in total. The Morgan fingerprint density at radius 1 is 0.935 bits per heavy atom. The fraction of sp³-hybridized carbons (Fsp3) is 0.300. The van der Waals surface area contributed by atoms with Crippen molar-refractivity contribution in [3.63, 3.8) is 0 Å². The van der Waals surface area contributed by atoms with E-state index in [4.69, 9.17) is 14.6 Å². The summed E-state index contributed by atoms with van der Waals surface area (Å²) in [5.41, 5.74) is 1.61. The Morgan fingerprint density at radius 3 is 2.26 bits per heavy atom. The molecular formula is C20H24BrN7O3. The Morgan fingerprint density at radius 2 is 1.61 bits per heavy atom. The summed E-state index contributed by atoms with van der Waals surface area (Å²) in [6.07, 6.45) is 3.24. The quantitative estimate of drug-likeness (QED) is 0.370. The van der Waals surface area contributed by atoms with E-state index in [1.807, 2.05) is 43.3 Å². The van der Waals surface area contributed by atoms with Crippen LogP contribution in [0, 0.1) is 0 Å². The van der Waals surface area contributed by atoms with Gasteiger partial charge in [-0.05, 0) is 54.3 Å². The van der Waals surface area contributed by atoms with E-state index < -0.39 is 0 Å². The van der Waals surface area contributed by atoms with Crippen LogP contribution in [0.5, 0.6) is 11.8 Å². The van der Waals surface area contributed by atoms with Gasteiger partial charge in [-0.3, -0.25) is 0 Å². The van der Waals surface area contributed by atoms with E-state index in [1.165, 1.54) is 0 Å². The van der Waals surface area contributed by atoms with Gasteiger partial charge in [-0.25, -0.2) is 9.97 Å². The molecule has 2 aromatic heterocycles. The first-order chi connectivity index (χ1) is 15.0. The van der Waals surface area contributed by atoms with Crippen molar-refractivity contribution in [2.75, 3.05) is 51.1 Å². The van der Waals surface area contributed by atoms with E-state index >= 15 is 0 Å². The molecule has 0 saturated heterocycles. The van der Waals surface area contributed by atoms with Gasteiger partial charge in [0.25, 0.3) is 0 Å². The minimum atomic E-state index is -0.0947. The second kappa shape index (κ2) is 11.4. The van der Waals surface area contributed by atoms with Crippen molar-refractivity contribution in [1.29, 1.82) is 0 Å². The van der Waals surface area contributed by atoms with Gasteiger partial charge in [-0.15, -0.1) is 0 Å². The molecule has 2 heterocycles. The zero-order valence-corrected chi connectivity index (χ0v) is 18.8. The standard InChI is InChI=1S/C20H24BrN7O3/c1-28(2)9-11-30-17-7-8-22-19(26-17)24-14-3-5-15(6-4-14)25-20-23-13-16(21)18(27-20)31-12-10-29/h3-8,13,29H,9-12H2,1-2H3,(H,22,24,26)(H,23,25,27). The minimum absolute atomic E-state index is 0.0947. The van der Waals surface area contributed by atoms with Crippen LogP contribution >= 0.6 is 15.9 Å². The fourth-order valence-corrected chi connectivity index (χ4v) is 2.67. The lowest BCUT2D eigenvalue weighted by Crippen LogP contribution is -2.19. The SMILES string of the molecule is CN(C)CCOc1ccnc(Nc2ccc(Nc3ncc(Br)c(OCCO)n3)cc2)n1. The summed E-state index contributed by atoms with van der Waals surface area (Å²) in [4.78, 5) is 19.1. The molecule has 0 saturated carbocycles. The molecule has 31 heavy (non-hydrogen) atoms. The highest BCUT2D eigenvalue weighted by molar-refractivity contribution is 9.10. The highest BCUT2D eigenvalue weighted by Gasteiger charge is 2.07. The van der Waals surface area contributed by atoms with Crippen LogP contribution in [0.15, 0.2) is 47.2 Å². The number of nitrogens with one attached hydrogen (secondary N) is 2. The van der Waals surface area contributed by atoms with Gasteiger partial charge in [0, 0.05) is 30.2 Å². The lowest BCUT2D eigenvalue weighted by Gasteiger charge is -2.11. The molecule has 0 atom stereocenters. The number of likely N-dealkylation sites (N-methyl/N-ethyl adjacent to an activating group) is 1. The largest absolute Gasteiger partial charge is 0.476 e. The Balaban J connectivity index is 1.59. The van der Waals surface area contributed by atoms with Gasteiger partial charge in [0.15, 0.2) is 0 Å². The molecular weight excluding hydrogens is 466 g/mol. The summed E-state index contributed by atoms with van der Waals surface area (Å²) in [7, 11) is 3.98. The first-order valence-electron chi connectivity index (χ1n) is 9.54. The summed E-state index contributed by atoms with van der Waals surface area (Å²) in [6, 6.07) is 9.24. The predicted molar refractivity (Wildman–Crippen MR) is 121 cm³/mol. The average molecular weight is 490 g/mol. The van der Waals surface area contributed by atoms with Crippen molar-refractivity contribution in [3.8, 4) is 11.8 Å². The highest BCUT2D eigenvalue weighted by atomic mass is 79.9. The lowest BCUT2D eigenvalue weighted by atomic mass is 10.3. The maximum atomic E-state index is 8.90. The summed E-state index contributed by atoms with van der Waals surface area (Å²) in [6.45, 7) is 1.41. The Bertz CT molecular complexity index is 973. The van der Waals surface area contributed by atoms with Crippen molar-refractivity contribution >= 4 is 39.2 Å². The molecule has 1 aromatic carbocycles. The van der Waals surface area contributed by atoms with Crippen molar-refractivity contribution in [2.45, 2.75) is 0 Å². The number of aromatic nitrogens is 4. The monoisotopic (exact) mass is 489 g/mol. The van der Waals surface area contributed by atoms with Crippen LogP contribution in [0.4, 0.5) is 23.3 Å². The van der Waals surface area contributed by atoms with Crippen molar-refractivity contribution in [3.05, 3.63) is 47.2 Å². The number of benzene rings is 1. The number of halogens is 1. The molecule has 0 aliphatic carbocycles. The Hall–Kier alpha value is -3.02. The maximum absolute atomic E-state index is 8.90. The number of hydrogen-bond acceptors (Lipinski definition) is 10. The van der Waals surface area contributed by atoms with Crippen molar-refractivity contribution in [2.24, 2.45) is 0 Å². The smallest absolute Gasteiger partial charge is 0.232 e.